The van der Waals surface area contributed by atoms with Crippen LogP contribution in [0.4, 0.5) is 5.82 Å². The number of ether oxygens (including phenoxy) is 1. The van der Waals surface area contributed by atoms with Crippen LogP contribution in [0.15, 0.2) is 36.7 Å². The van der Waals surface area contributed by atoms with Gasteiger partial charge in [0, 0.05) is 25.1 Å². The molecule has 0 spiro atoms. The van der Waals surface area contributed by atoms with E-state index < -0.39 is 5.97 Å². The number of aromatic nitrogens is 2. The molecule has 3 rings (SSSR count). The highest BCUT2D eigenvalue weighted by Crippen LogP contribution is 2.30. The second kappa shape index (κ2) is 6.77. The number of hydrogen-bond acceptors (Lipinski definition) is 5. The molecular weight excluding hydrogens is 290 g/mol. The first kappa shape index (κ1) is 15.5. The average molecular weight is 311 g/mol. The third-order valence-corrected chi connectivity index (χ3v) is 4.42. The van der Waals surface area contributed by atoms with Gasteiger partial charge in [-0.3, -0.25) is 0 Å². The lowest BCUT2D eigenvalue weighted by Gasteiger charge is -2.34. The summed E-state index contributed by atoms with van der Waals surface area (Å²) in [5.74, 6) is 0.848. The predicted octanol–water partition coefficient (Wildman–Crippen LogP) is 2.96. The summed E-state index contributed by atoms with van der Waals surface area (Å²) in [6, 6.07) is 10.3. The van der Waals surface area contributed by atoms with E-state index in [0.717, 1.165) is 25.3 Å². The molecule has 0 amide bonds. The van der Waals surface area contributed by atoms with Gasteiger partial charge in [0.2, 0.25) is 0 Å². The molecule has 120 valence electrons. The number of piperidine rings is 1. The van der Waals surface area contributed by atoms with E-state index in [1.807, 2.05) is 0 Å². The Kier molecular flexibility index (Phi) is 4.55. The van der Waals surface area contributed by atoms with Gasteiger partial charge in [0.1, 0.15) is 12.1 Å². The summed E-state index contributed by atoms with van der Waals surface area (Å²) in [5.41, 5.74) is 3.03. The van der Waals surface area contributed by atoms with Crippen LogP contribution in [0.1, 0.15) is 40.4 Å². The van der Waals surface area contributed by atoms with Crippen molar-refractivity contribution in [3.63, 3.8) is 0 Å². The molecule has 1 aliphatic heterocycles. The molecule has 1 aromatic heterocycles. The summed E-state index contributed by atoms with van der Waals surface area (Å²) in [6.45, 7) is 4.01. The summed E-state index contributed by atoms with van der Waals surface area (Å²) < 4.78 is 4.74. The zero-order chi connectivity index (χ0) is 16.2. The van der Waals surface area contributed by atoms with Crippen LogP contribution in [0, 0.1) is 6.92 Å². The Bertz CT molecular complexity index is 702. The van der Waals surface area contributed by atoms with Crippen molar-refractivity contribution in [2.24, 2.45) is 0 Å². The Morgan fingerprint density at radius 2 is 2.13 bits per heavy atom. The molecule has 1 aromatic carbocycles. The summed E-state index contributed by atoms with van der Waals surface area (Å²) in [4.78, 5) is 22.2. The molecular formula is C18H21N3O2. The Hall–Kier alpha value is -2.43. The summed E-state index contributed by atoms with van der Waals surface area (Å²) in [5, 5.41) is 0. The lowest BCUT2D eigenvalue weighted by Crippen LogP contribution is -2.35. The summed E-state index contributed by atoms with van der Waals surface area (Å²) >= 11 is 0. The van der Waals surface area contributed by atoms with Crippen molar-refractivity contribution in [1.29, 1.82) is 0 Å². The van der Waals surface area contributed by atoms with Crippen LogP contribution in [-0.2, 0) is 4.74 Å². The van der Waals surface area contributed by atoms with Crippen LogP contribution in [0.2, 0.25) is 0 Å². The number of benzene rings is 1. The van der Waals surface area contributed by atoms with Gasteiger partial charge < -0.3 is 9.64 Å². The molecule has 2 heterocycles. The number of nitrogens with zero attached hydrogens (tertiary/aromatic N) is 3. The zero-order valence-corrected chi connectivity index (χ0v) is 13.5. The number of hydrogen-bond donors (Lipinski definition) is 0. The Morgan fingerprint density at radius 3 is 2.91 bits per heavy atom. The first-order valence-corrected chi connectivity index (χ1v) is 7.90. The quantitative estimate of drug-likeness (QED) is 0.816. The Balaban J connectivity index is 1.81. The Labute approximate surface area is 136 Å². The van der Waals surface area contributed by atoms with Crippen molar-refractivity contribution >= 4 is 11.8 Å². The highest BCUT2D eigenvalue weighted by atomic mass is 16.5. The monoisotopic (exact) mass is 311 g/mol. The molecule has 0 saturated carbocycles. The second-order valence-corrected chi connectivity index (χ2v) is 5.89. The molecule has 1 unspecified atom stereocenters. The molecule has 0 bridgehead atoms. The molecule has 1 atom stereocenters. The van der Waals surface area contributed by atoms with Crippen LogP contribution in [-0.4, -0.2) is 36.1 Å². The minimum atomic E-state index is -0.430. The van der Waals surface area contributed by atoms with Crippen molar-refractivity contribution in [1.82, 2.24) is 9.97 Å². The van der Waals surface area contributed by atoms with E-state index in [4.69, 9.17) is 4.74 Å². The van der Waals surface area contributed by atoms with Crippen molar-refractivity contribution in [3.8, 4) is 0 Å². The molecule has 0 aliphatic carbocycles. The Morgan fingerprint density at radius 1 is 1.30 bits per heavy atom. The van der Waals surface area contributed by atoms with E-state index in [1.165, 1.54) is 31.0 Å². The van der Waals surface area contributed by atoms with E-state index in [9.17, 15) is 4.79 Å². The molecule has 23 heavy (non-hydrogen) atoms. The van der Waals surface area contributed by atoms with Gasteiger partial charge in [-0.15, -0.1) is 0 Å². The van der Waals surface area contributed by atoms with Crippen molar-refractivity contribution < 1.29 is 9.53 Å². The van der Waals surface area contributed by atoms with Gasteiger partial charge >= 0.3 is 5.97 Å². The largest absolute Gasteiger partial charge is 0.464 e. The molecule has 5 nitrogen and oxygen atoms in total. The SMILES string of the molecule is COC(=O)c1cc(N2CCCC(c3ccccc3C)C2)ncn1. The number of aryl methyl sites for hydroxylation is 1. The van der Waals surface area contributed by atoms with Crippen LogP contribution < -0.4 is 4.90 Å². The number of methoxy groups -OCH3 is 1. The van der Waals surface area contributed by atoms with E-state index in [0.29, 0.717) is 11.6 Å². The van der Waals surface area contributed by atoms with Gasteiger partial charge in [-0.1, -0.05) is 24.3 Å². The van der Waals surface area contributed by atoms with E-state index in [2.05, 4.69) is 46.1 Å². The van der Waals surface area contributed by atoms with Crippen LogP contribution >= 0.6 is 0 Å². The van der Waals surface area contributed by atoms with Crippen molar-refractivity contribution in [3.05, 3.63) is 53.5 Å². The van der Waals surface area contributed by atoms with Gasteiger partial charge in [0.25, 0.3) is 0 Å². The number of esters is 1. The molecule has 1 saturated heterocycles. The van der Waals surface area contributed by atoms with E-state index >= 15 is 0 Å². The molecule has 2 aromatic rings. The van der Waals surface area contributed by atoms with E-state index in [1.54, 1.807) is 6.07 Å². The molecule has 0 N–H and O–H groups in total. The topological polar surface area (TPSA) is 55.3 Å². The maximum atomic E-state index is 11.6. The van der Waals surface area contributed by atoms with E-state index in [-0.39, 0.29) is 0 Å². The number of carbonyl (C=O) groups excluding carboxylic acids is 1. The van der Waals surface area contributed by atoms with Crippen LogP contribution in [0.5, 0.6) is 0 Å². The fraction of sp³-hybridized carbons (Fsp3) is 0.389. The highest BCUT2D eigenvalue weighted by Gasteiger charge is 2.24. The molecule has 5 heteroatoms. The third kappa shape index (κ3) is 3.33. The fourth-order valence-corrected chi connectivity index (χ4v) is 3.22. The van der Waals surface area contributed by atoms with Crippen molar-refractivity contribution in [2.75, 3.05) is 25.1 Å². The van der Waals surface area contributed by atoms with Gasteiger partial charge in [0.15, 0.2) is 5.69 Å². The maximum absolute atomic E-state index is 11.6. The maximum Gasteiger partial charge on any atom is 0.356 e. The molecule has 1 aliphatic rings. The lowest BCUT2D eigenvalue weighted by atomic mass is 9.88. The lowest BCUT2D eigenvalue weighted by molar-refractivity contribution is 0.0594. The normalized spacial score (nSPS) is 17.8. The number of anilines is 1. The number of carbonyl (C=O) groups is 1. The van der Waals surface area contributed by atoms with Crippen LogP contribution in [0.3, 0.4) is 0 Å². The first-order chi connectivity index (χ1) is 11.2. The second-order valence-electron chi connectivity index (χ2n) is 5.89. The molecule has 0 radical (unpaired) electrons. The zero-order valence-electron chi connectivity index (χ0n) is 13.5. The van der Waals surface area contributed by atoms with Gasteiger partial charge in [0.05, 0.1) is 7.11 Å². The highest BCUT2D eigenvalue weighted by molar-refractivity contribution is 5.87. The van der Waals surface area contributed by atoms with Gasteiger partial charge in [-0.2, -0.15) is 0 Å². The standard InChI is InChI=1S/C18H21N3O2/c1-13-6-3-4-8-15(13)14-7-5-9-21(11-14)17-10-16(18(22)23-2)19-12-20-17/h3-4,6,8,10,12,14H,5,7,9,11H2,1-2H3. The first-order valence-electron chi connectivity index (χ1n) is 7.90. The minimum Gasteiger partial charge on any atom is -0.464 e. The van der Waals surface area contributed by atoms with Crippen molar-refractivity contribution in [2.45, 2.75) is 25.7 Å². The van der Waals surface area contributed by atoms with Gasteiger partial charge in [-0.25, -0.2) is 14.8 Å². The fourth-order valence-electron chi connectivity index (χ4n) is 3.22. The number of rotatable bonds is 3. The summed E-state index contributed by atoms with van der Waals surface area (Å²) in [6.07, 6.45) is 3.71. The predicted molar refractivity (Wildman–Crippen MR) is 88.7 cm³/mol. The minimum absolute atomic E-state index is 0.301. The third-order valence-electron chi connectivity index (χ3n) is 4.42. The van der Waals surface area contributed by atoms with Crippen LogP contribution in [0.25, 0.3) is 0 Å². The molecule has 1 fully saturated rings. The average Bonchev–Trinajstić information content (AvgIpc) is 2.61. The van der Waals surface area contributed by atoms with Gasteiger partial charge in [-0.05, 0) is 30.9 Å². The summed E-state index contributed by atoms with van der Waals surface area (Å²) in [7, 11) is 1.36. The smallest absolute Gasteiger partial charge is 0.356 e.